The third-order valence-electron chi connectivity index (χ3n) is 20.5. The largest absolute Gasteiger partial charge is 0.397 e. The van der Waals surface area contributed by atoms with Gasteiger partial charge < -0.3 is 219 Å². The van der Waals surface area contributed by atoms with Crippen LogP contribution in [0.3, 0.4) is 0 Å². The third kappa shape index (κ3) is 22.0. The summed E-state index contributed by atoms with van der Waals surface area (Å²) in [7, 11) is -5.42. The highest BCUT2D eigenvalue weighted by Crippen LogP contribution is 2.40. The Kier molecular flexibility index (Phi) is 33.8. The number of aliphatic hydroxyl groups excluding tert-OH is 23. The fraction of sp³-hybridized carbons (Fsp3) is 0.935. The van der Waals surface area contributed by atoms with Crippen molar-refractivity contribution in [3.05, 3.63) is 0 Å². The van der Waals surface area contributed by atoms with Crippen LogP contribution in [-0.2, 0) is 114 Å². The maximum absolute atomic E-state index is 13.2. The minimum absolute atomic E-state index is 0.836. The number of amides is 4. The maximum atomic E-state index is 13.2. The van der Waals surface area contributed by atoms with E-state index in [0.29, 0.717) is 0 Å². The molecule has 1 unspecified atom stereocenters. The first-order valence-corrected chi connectivity index (χ1v) is 37.5. The van der Waals surface area contributed by atoms with Gasteiger partial charge in [0, 0.05) is 27.7 Å². The van der Waals surface area contributed by atoms with Gasteiger partial charge in [-0.3, -0.25) is 23.7 Å². The minimum Gasteiger partial charge on any atom is -0.394 e. The molecule has 9 rings (SSSR count). The molecule has 0 aliphatic carbocycles. The maximum Gasteiger partial charge on any atom is 0.397 e. The van der Waals surface area contributed by atoms with Crippen molar-refractivity contribution in [2.75, 3.05) is 52.9 Å². The smallest absolute Gasteiger partial charge is 0.394 e. The molecule has 9 saturated heterocycles. The Bertz CT molecular complexity index is 3230. The van der Waals surface area contributed by atoms with Crippen LogP contribution in [0.5, 0.6) is 0 Å². The van der Waals surface area contributed by atoms with Crippen molar-refractivity contribution in [3.8, 4) is 0 Å². The molecule has 9 aliphatic rings. The van der Waals surface area contributed by atoms with Crippen molar-refractivity contribution in [2.45, 2.75) is 311 Å². The van der Waals surface area contributed by atoms with Crippen molar-refractivity contribution in [2.24, 2.45) is 0 Å². The lowest BCUT2D eigenvalue weighted by Gasteiger charge is -2.51. The van der Waals surface area contributed by atoms with Crippen molar-refractivity contribution < 1.29 is 234 Å². The third-order valence-corrected chi connectivity index (χ3v) is 21.0. The van der Waals surface area contributed by atoms with Gasteiger partial charge in [-0.05, 0) is 6.92 Å². The average molecular weight is 1710 g/mol. The van der Waals surface area contributed by atoms with Crippen LogP contribution in [0, 0.1) is 0 Å². The van der Waals surface area contributed by atoms with Crippen molar-refractivity contribution in [3.63, 3.8) is 0 Å². The van der Waals surface area contributed by atoms with E-state index in [1.165, 1.54) is 6.92 Å². The monoisotopic (exact) mass is 1700 g/mol. The molecule has 9 fully saturated rings. The zero-order valence-corrected chi connectivity index (χ0v) is 62.4. The van der Waals surface area contributed by atoms with Crippen LogP contribution < -0.4 is 21.3 Å². The summed E-state index contributed by atoms with van der Waals surface area (Å²) in [6.07, 6.45) is -84.8. The van der Waals surface area contributed by atoms with Crippen LogP contribution in [0.2, 0.25) is 0 Å². The molecule has 0 bridgehead atoms. The molecular formula is C62H104N4O48S. The van der Waals surface area contributed by atoms with Crippen LogP contribution in [0.25, 0.3) is 0 Å². The quantitative estimate of drug-likeness (QED) is 0.0297. The van der Waals surface area contributed by atoms with Crippen LogP contribution in [-0.4, -0.2) is 483 Å². The Labute approximate surface area is 651 Å². The van der Waals surface area contributed by atoms with E-state index in [4.69, 9.17) is 80.5 Å². The summed E-state index contributed by atoms with van der Waals surface area (Å²) in [5.74, 6) is -3.78. The average Bonchev–Trinajstić information content (AvgIpc) is 0.764. The fourth-order valence-electron chi connectivity index (χ4n) is 14.5. The van der Waals surface area contributed by atoms with Gasteiger partial charge in [0.2, 0.25) is 23.6 Å². The van der Waals surface area contributed by atoms with Crippen LogP contribution in [0.15, 0.2) is 0 Å². The summed E-state index contributed by atoms with van der Waals surface area (Å²) in [5.41, 5.74) is 0. The van der Waals surface area contributed by atoms with Gasteiger partial charge in [0.15, 0.2) is 56.6 Å². The van der Waals surface area contributed by atoms with Crippen LogP contribution >= 0.6 is 0 Å². The number of rotatable bonds is 30. The highest BCUT2D eigenvalue weighted by atomic mass is 32.3. The topological polar surface area (TPSA) is 802 Å². The molecule has 4 amide bonds. The van der Waals surface area contributed by atoms with Gasteiger partial charge >= 0.3 is 10.4 Å². The molecule has 666 valence electrons. The van der Waals surface area contributed by atoms with Gasteiger partial charge in [-0.1, -0.05) is 0 Å². The van der Waals surface area contributed by atoms with Gasteiger partial charge in [0.05, 0.1) is 59.0 Å². The molecule has 45 atom stereocenters. The zero-order valence-electron chi connectivity index (χ0n) is 61.6. The Morgan fingerprint density at radius 1 is 0.287 bits per heavy atom. The van der Waals surface area contributed by atoms with Gasteiger partial charge in [-0.15, -0.1) is 0 Å². The standard InChI is InChI=1S/C62H104N4O48S/c1-14-31(76)40(85)44(89)58(100-14)99-13-26-50(36(81)27(54(93)101-26)63-15(2)72)110-55-28(64-16(3)73)38(83)49(22(9-70)104-55)111-61-47(92)52(35(80)25(108-61)12-98-60-46(91)42(87)34(79)24(107-60)11-97-59-45(90)41(86)32(77)19(6-67)102-59)112-62-53(43(88)33(78)20(7-68)103-62)113-57-29(65-17(4)74)37(82)48(21(8-69)105-57)109-56-30(66-18(5)75)39(84)51(23(10-71)106-56)114-115(94,95)96/h14,19-62,67-71,76-93H,6-13H2,1-5H3,(H,63,72)(H,64,73)(H,65,74)(H,66,75)(H,94,95,96)/t14-,19+,20+,21+,22+,23+,24+,25+,26+,27+,28+,29+,30+,31+,32+,33+,34+,35+,36+,37+,38+,39+,40+,41-,42-,43-,44-,45-,46-,47-,48+,49+,50+,51-,52-,53-,54?,55-,56-,57-,58+,59-,60-,61-,62+/m0/s1. The molecule has 9 aliphatic heterocycles. The summed E-state index contributed by atoms with van der Waals surface area (Å²) in [6, 6.07) is -7.70. The Balaban J connectivity index is 1.03. The van der Waals surface area contributed by atoms with E-state index in [1.54, 1.807) is 0 Å². The number of carbonyl (C=O) groups excluding carboxylic acids is 4. The Morgan fingerprint density at radius 3 is 1.03 bits per heavy atom. The normalized spacial score (nSPS) is 48.1. The lowest BCUT2D eigenvalue weighted by molar-refractivity contribution is -0.396. The van der Waals surface area contributed by atoms with E-state index in [-0.39, 0.29) is 0 Å². The predicted molar refractivity (Wildman–Crippen MR) is 352 cm³/mol. The fourth-order valence-corrected chi connectivity index (χ4v) is 15.0. The molecule has 52 nitrogen and oxygen atoms in total. The molecule has 0 spiro atoms. The molecule has 0 aromatic heterocycles. The Morgan fingerprint density at radius 2 is 0.591 bits per heavy atom. The first-order chi connectivity index (χ1) is 54.1. The second-order valence-corrected chi connectivity index (χ2v) is 29.8. The van der Waals surface area contributed by atoms with Crippen LogP contribution in [0.1, 0.15) is 34.6 Å². The predicted octanol–water partition coefficient (Wildman–Crippen LogP) is -19.2. The van der Waals surface area contributed by atoms with E-state index in [9.17, 15) is 150 Å². The van der Waals surface area contributed by atoms with E-state index in [0.717, 1.165) is 27.7 Å². The number of hydrogen-bond donors (Lipinski definition) is 28. The number of carbonyl (C=O) groups is 4. The zero-order chi connectivity index (χ0) is 85.0. The number of hydrogen-bond acceptors (Lipinski definition) is 47. The SMILES string of the molecule is CC(=O)N[C@H]1[C@H](O[C@H]2[C@H](O)[C@@H](NC(C)=O)[C@H](O[C@@H]3[C@@H](O[C@@H]4[C@H](O)[C@H](O[C@H]5[C@H](O)[C@@H](NC(C)=O)[C@H](O[C@H]6[C@H](O)[C@@H](NC(C)=O)C(O)O[C@@H]6CO[C@@H]6O[C@@H](C)[C@@H](O)[C@@H](O)[C@@H]6O)O[C@@H]5CO)O[C@H](CO[C@H]5O[C@H](CO[C@H]6O[C@H](CO)[C@@H](O)[C@H](O)[C@@H]6O)[C@@H](O)[C@H](O)[C@@H]5O)[C@H]4O)O[C@H](CO)[C@@H](O)[C@@H]3O)O[C@@H]2CO)O[C@H](CO)[C@H](OS(=O)(=O)O)[C@@H]1O. The van der Waals surface area contributed by atoms with Crippen molar-refractivity contribution in [1.29, 1.82) is 0 Å². The molecule has 28 N–H and O–H groups in total. The van der Waals surface area contributed by atoms with Gasteiger partial charge in [-0.2, -0.15) is 8.42 Å². The van der Waals surface area contributed by atoms with Crippen molar-refractivity contribution >= 4 is 34.0 Å². The summed E-state index contributed by atoms with van der Waals surface area (Å²) >= 11 is 0. The molecule has 0 saturated carbocycles. The molecule has 0 aromatic carbocycles. The number of nitrogens with one attached hydrogen (secondary N) is 4. The molecule has 9 heterocycles. The molecule has 115 heavy (non-hydrogen) atoms. The highest BCUT2D eigenvalue weighted by molar-refractivity contribution is 7.80. The summed E-state index contributed by atoms with van der Waals surface area (Å²) in [6.45, 7) is -3.62. The molecule has 53 heteroatoms. The summed E-state index contributed by atoms with van der Waals surface area (Å²) in [4.78, 5) is 51.1. The van der Waals surface area contributed by atoms with Gasteiger partial charge in [0.25, 0.3) is 0 Å². The molecule has 0 radical (unpaired) electrons. The van der Waals surface area contributed by atoms with Crippen LogP contribution in [0.4, 0.5) is 0 Å². The van der Waals surface area contributed by atoms with Crippen molar-refractivity contribution in [1.82, 2.24) is 21.3 Å². The molecular weight excluding hydrogens is 1600 g/mol. The second-order valence-electron chi connectivity index (χ2n) is 28.7. The first-order valence-electron chi connectivity index (χ1n) is 36.1. The van der Waals surface area contributed by atoms with Gasteiger partial charge in [-0.25, -0.2) is 4.18 Å². The van der Waals surface area contributed by atoms with Gasteiger partial charge in [0.1, 0.15) is 213 Å². The van der Waals surface area contributed by atoms with E-state index >= 15 is 0 Å². The number of ether oxygens (including phenoxy) is 17. The summed E-state index contributed by atoms with van der Waals surface area (Å²) in [5, 5.41) is 265. The van der Waals surface area contributed by atoms with E-state index < -0.39 is 363 Å². The number of aliphatic hydroxyl groups is 23. The first kappa shape index (κ1) is 95.0. The lowest BCUT2D eigenvalue weighted by atomic mass is 9.93. The lowest BCUT2D eigenvalue weighted by Crippen LogP contribution is -2.71. The van der Waals surface area contributed by atoms with E-state index in [2.05, 4.69) is 25.5 Å². The van der Waals surface area contributed by atoms with E-state index in [1.807, 2.05) is 0 Å². The minimum atomic E-state index is -5.42. The Hall–Kier alpha value is -3.85. The molecule has 0 aromatic rings. The second kappa shape index (κ2) is 40.9. The highest BCUT2D eigenvalue weighted by Gasteiger charge is 2.61. The summed E-state index contributed by atoms with van der Waals surface area (Å²) < 4.78 is 138.